The molecular formula is C29H47N3O3. The SMILES string of the molecule is CCCC1CCC[C@](CC(C)CC)(c2ccccc2)CCCN(CC(=O)NCC(N)=O)C(=O)C1C. The molecule has 6 heteroatoms. The van der Waals surface area contributed by atoms with Gasteiger partial charge in [0.15, 0.2) is 0 Å². The zero-order chi connectivity index (χ0) is 25.8. The van der Waals surface area contributed by atoms with Gasteiger partial charge in [-0.15, -0.1) is 0 Å². The van der Waals surface area contributed by atoms with Crippen molar-refractivity contribution in [1.29, 1.82) is 0 Å². The van der Waals surface area contributed by atoms with E-state index in [9.17, 15) is 14.4 Å². The molecule has 0 aromatic heterocycles. The molecule has 1 heterocycles. The number of carbonyl (C=O) groups is 3. The average Bonchev–Trinajstić information content (AvgIpc) is 2.86. The summed E-state index contributed by atoms with van der Waals surface area (Å²) < 4.78 is 0. The Bertz CT molecular complexity index is 813. The standard InChI is InChI=1S/C29H47N3O3/c1-5-12-24-13-10-16-29(19-22(3)6-2,25-14-8-7-9-15-25)17-11-18-32(28(35)23(24)4)21-27(34)31-20-26(30)33/h7-9,14-15,22-24H,5-6,10-13,16-21H2,1-4H3,(H2,30,33)(H,31,34)/t22?,23?,24?,29-/m0/s1. The van der Waals surface area contributed by atoms with Gasteiger partial charge in [-0.2, -0.15) is 0 Å². The molecule has 0 saturated carbocycles. The molecule has 1 aromatic carbocycles. The Morgan fingerprint density at radius 2 is 1.86 bits per heavy atom. The fourth-order valence-corrected chi connectivity index (χ4v) is 5.84. The third kappa shape index (κ3) is 8.66. The molecule has 4 atom stereocenters. The molecule has 0 spiro atoms. The van der Waals surface area contributed by atoms with Crippen LogP contribution in [0.3, 0.4) is 0 Å². The molecule has 3 unspecified atom stereocenters. The van der Waals surface area contributed by atoms with E-state index in [0.29, 0.717) is 18.4 Å². The summed E-state index contributed by atoms with van der Waals surface area (Å²) in [7, 11) is 0. The van der Waals surface area contributed by atoms with Gasteiger partial charge in [0.25, 0.3) is 0 Å². The molecule has 0 radical (unpaired) electrons. The smallest absolute Gasteiger partial charge is 0.240 e. The summed E-state index contributed by atoms with van der Waals surface area (Å²) in [5.74, 6) is -0.0808. The Balaban J connectivity index is 2.36. The summed E-state index contributed by atoms with van der Waals surface area (Å²) in [4.78, 5) is 38.9. The van der Waals surface area contributed by atoms with Gasteiger partial charge in [-0.1, -0.05) is 77.3 Å². The maximum atomic E-state index is 13.5. The summed E-state index contributed by atoms with van der Waals surface area (Å²) in [5, 5.41) is 2.55. The first kappa shape index (κ1) is 28.9. The summed E-state index contributed by atoms with van der Waals surface area (Å²) in [5.41, 5.74) is 6.65. The number of hydrogen-bond donors (Lipinski definition) is 2. The minimum absolute atomic E-state index is 0.0288. The number of primary amides is 1. The van der Waals surface area contributed by atoms with Crippen molar-refractivity contribution < 1.29 is 14.4 Å². The minimum Gasteiger partial charge on any atom is -0.368 e. The van der Waals surface area contributed by atoms with Crippen molar-refractivity contribution in [1.82, 2.24) is 10.2 Å². The summed E-state index contributed by atoms with van der Waals surface area (Å²) in [6.45, 7) is 9.11. The molecule has 1 saturated heterocycles. The predicted molar refractivity (Wildman–Crippen MR) is 142 cm³/mol. The van der Waals surface area contributed by atoms with Crippen LogP contribution in [0, 0.1) is 17.8 Å². The summed E-state index contributed by atoms with van der Waals surface area (Å²) in [6.07, 6.45) is 9.41. The molecule has 1 aromatic rings. The van der Waals surface area contributed by atoms with E-state index in [2.05, 4.69) is 56.4 Å². The molecule has 3 amide bonds. The maximum Gasteiger partial charge on any atom is 0.240 e. The van der Waals surface area contributed by atoms with Crippen LogP contribution in [-0.2, 0) is 19.8 Å². The molecule has 2 rings (SSSR count). The van der Waals surface area contributed by atoms with Gasteiger partial charge < -0.3 is 16.0 Å². The number of rotatable bonds is 10. The van der Waals surface area contributed by atoms with Gasteiger partial charge in [0, 0.05) is 12.5 Å². The first-order valence-electron chi connectivity index (χ1n) is 13.6. The Labute approximate surface area is 212 Å². The molecule has 0 aliphatic carbocycles. The van der Waals surface area contributed by atoms with E-state index in [4.69, 9.17) is 5.73 Å². The molecule has 3 N–H and O–H groups in total. The number of nitrogens with one attached hydrogen (secondary N) is 1. The van der Waals surface area contributed by atoms with E-state index in [0.717, 1.165) is 57.8 Å². The molecule has 196 valence electrons. The molecule has 1 aliphatic heterocycles. The zero-order valence-electron chi connectivity index (χ0n) is 22.4. The lowest BCUT2D eigenvalue weighted by molar-refractivity contribution is -0.140. The highest BCUT2D eigenvalue weighted by Crippen LogP contribution is 2.42. The molecule has 35 heavy (non-hydrogen) atoms. The van der Waals surface area contributed by atoms with Crippen molar-refractivity contribution in [2.45, 2.75) is 90.9 Å². The van der Waals surface area contributed by atoms with Crippen molar-refractivity contribution in [2.75, 3.05) is 19.6 Å². The van der Waals surface area contributed by atoms with E-state index < -0.39 is 5.91 Å². The average molecular weight is 486 g/mol. The third-order valence-corrected chi connectivity index (χ3v) is 8.00. The van der Waals surface area contributed by atoms with Gasteiger partial charge in [0.1, 0.15) is 0 Å². The highest BCUT2D eigenvalue weighted by Gasteiger charge is 2.36. The van der Waals surface area contributed by atoms with Crippen LogP contribution in [-0.4, -0.2) is 42.3 Å². The second-order valence-electron chi connectivity index (χ2n) is 10.7. The van der Waals surface area contributed by atoms with Crippen molar-refractivity contribution in [3.8, 4) is 0 Å². The lowest BCUT2D eigenvalue weighted by Gasteiger charge is -2.38. The zero-order valence-corrected chi connectivity index (χ0v) is 22.4. The Morgan fingerprint density at radius 3 is 2.49 bits per heavy atom. The predicted octanol–water partition coefficient (Wildman–Crippen LogP) is 4.81. The van der Waals surface area contributed by atoms with E-state index in [-0.39, 0.29) is 36.2 Å². The van der Waals surface area contributed by atoms with Gasteiger partial charge in [-0.05, 0) is 61.3 Å². The van der Waals surface area contributed by atoms with Crippen molar-refractivity contribution in [3.63, 3.8) is 0 Å². The first-order chi connectivity index (χ1) is 16.7. The van der Waals surface area contributed by atoms with Crippen LogP contribution in [0.2, 0.25) is 0 Å². The van der Waals surface area contributed by atoms with Gasteiger partial charge in [-0.3, -0.25) is 14.4 Å². The van der Waals surface area contributed by atoms with Crippen LogP contribution < -0.4 is 11.1 Å². The van der Waals surface area contributed by atoms with Crippen LogP contribution in [0.15, 0.2) is 30.3 Å². The maximum absolute atomic E-state index is 13.5. The van der Waals surface area contributed by atoms with E-state index in [1.807, 2.05) is 6.92 Å². The monoisotopic (exact) mass is 485 g/mol. The lowest BCUT2D eigenvalue weighted by atomic mass is 9.67. The van der Waals surface area contributed by atoms with E-state index >= 15 is 0 Å². The normalized spacial score (nSPS) is 24.9. The van der Waals surface area contributed by atoms with E-state index in [1.165, 1.54) is 5.56 Å². The van der Waals surface area contributed by atoms with Crippen molar-refractivity contribution in [3.05, 3.63) is 35.9 Å². The highest BCUT2D eigenvalue weighted by molar-refractivity contribution is 5.88. The number of nitrogens with zero attached hydrogens (tertiary/aromatic N) is 1. The summed E-state index contributed by atoms with van der Waals surface area (Å²) >= 11 is 0. The van der Waals surface area contributed by atoms with Crippen LogP contribution in [0.4, 0.5) is 0 Å². The van der Waals surface area contributed by atoms with Crippen LogP contribution in [0.5, 0.6) is 0 Å². The van der Waals surface area contributed by atoms with Crippen LogP contribution >= 0.6 is 0 Å². The molecular weight excluding hydrogens is 438 g/mol. The van der Waals surface area contributed by atoms with Gasteiger partial charge in [0.05, 0.1) is 13.1 Å². The number of carbonyl (C=O) groups excluding carboxylic acids is 3. The highest BCUT2D eigenvalue weighted by atomic mass is 16.2. The lowest BCUT2D eigenvalue weighted by Crippen LogP contribution is -2.46. The third-order valence-electron chi connectivity index (χ3n) is 8.00. The fraction of sp³-hybridized carbons (Fsp3) is 0.690. The van der Waals surface area contributed by atoms with Crippen molar-refractivity contribution >= 4 is 17.7 Å². The number of benzene rings is 1. The van der Waals surface area contributed by atoms with Crippen molar-refractivity contribution in [2.24, 2.45) is 23.5 Å². The molecule has 1 fully saturated rings. The number of amides is 3. The molecule has 6 nitrogen and oxygen atoms in total. The number of hydrogen-bond acceptors (Lipinski definition) is 3. The molecule has 1 aliphatic rings. The van der Waals surface area contributed by atoms with Crippen LogP contribution in [0.1, 0.15) is 91.0 Å². The number of nitrogens with two attached hydrogens (primary N) is 1. The largest absolute Gasteiger partial charge is 0.368 e. The fourth-order valence-electron chi connectivity index (χ4n) is 5.84. The Morgan fingerprint density at radius 1 is 1.17 bits per heavy atom. The first-order valence-corrected chi connectivity index (χ1v) is 13.6. The van der Waals surface area contributed by atoms with Gasteiger partial charge >= 0.3 is 0 Å². The van der Waals surface area contributed by atoms with Crippen LogP contribution in [0.25, 0.3) is 0 Å². The quantitative estimate of drug-likeness (QED) is 0.498. The second-order valence-corrected chi connectivity index (χ2v) is 10.7. The topological polar surface area (TPSA) is 92.5 Å². The minimum atomic E-state index is -0.587. The second kappa shape index (κ2) is 14.3. The van der Waals surface area contributed by atoms with Gasteiger partial charge in [-0.25, -0.2) is 0 Å². The molecule has 0 bridgehead atoms. The Kier molecular flexibility index (Phi) is 11.8. The van der Waals surface area contributed by atoms with E-state index in [1.54, 1.807) is 4.90 Å². The Hall–Kier alpha value is -2.37. The van der Waals surface area contributed by atoms with Gasteiger partial charge in [0.2, 0.25) is 17.7 Å². The summed E-state index contributed by atoms with van der Waals surface area (Å²) in [6, 6.07) is 10.9.